The smallest absolute Gasteiger partial charge is 0.142 e. The maximum absolute atomic E-state index is 6.19. The van der Waals surface area contributed by atoms with Crippen molar-refractivity contribution in [2.45, 2.75) is 24.7 Å². The zero-order valence-corrected chi connectivity index (χ0v) is 15.1. The van der Waals surface area contributed by atoms with Gasteiger partial charge in [0.15, 0.2) is 0 Å². The molecule has 0 unspecified atom stereocenters. The molecular weight excluding hydrogens is 409 g/mol. The third kappa shape index (κ3) is 2.48. The molecule has 1 aliphatic heterocycles. The summed E-state index contributed by atoms with van der Waals surface area (Å²) in [6, 6.07) is 12.6. The Hall–Kier alpha value is -0.940. The highest BCUT2D eigenvalue weighted by atomic mass is 127. The summed E-state index contributed by atoms with van der Waals surface area (Å²) in [5.41, 5.74) is 3.93. The largest absolute Gasteiger partial charge is 0.490 e. The lowest BCUT2D eigenvalue weighted by Crippen LogP contribution is -2.41. The Kier molecular flexibility index (Phi) is 3.73. The topological polar surface area (TPSA) is 21.3 Å². The molecule has 1 aliphatic carbocycles. The third-order valence-electron chi connectivity index (χ3n) is 4.80. The fourth-order valence-corrected chi connectivity index (χ4v) is 4.36. The number of ether oxygens (including phenoxy) is 1. The summed E-state index contributed by atoms with van der Waals surface area (Å²) in [7, 11) is 0. The molecule has 22 heavy (non-hydrogen) atoms. The molecule has 0 fully saturated rings. The molecule has 0 bridgehead atoms. The maximum Gasteiger partial charge on any atom is 0.142 e. The van der Waals surface area contributed by atoms with E-state index in [4.69, 9.17) is 16.3 Å². The van der Waals surface area contributed by atoms with E-state index in [1.165, 1.54) is 21.1 Å². The van der Waals surface area contributed by atoms with Gasteiger partial charge in [-0.2, -0.15) is 0 Å². The quantitative estimate of drug-likeness (QED) is 0.598. The van der Waals surface area contributed by atoms with Crippen molar-refractivity contribution in [3.05, 3.63) is 56.1 Å². The van der Waals surface area contributed by atoms with E-state index >= 15 is 0 Å². The zero-order valence-electron chi connectivity index (χ0n) is 12.2. The summed E-state index contributed by atoms with van der Waals surface area (Å²) in [5.74, 6) is 0.957. The maximum atomic E-state index is 6.19. The summed E-state index contributed by atoms with van der Waals surface area (Å²) in [5, 5.41) is 4.45. The van der Waals surface area contributed by atoms with Gasteiger partial charge >= 0.3 is 0 Å². The van der Waals surface area contributed by atoms with E-state index in [-0.39, 0.29) is 5.41 Å². The van der Waals surface area contributed by atoms with Crippen molar-refractivity contribution < 1.29 is 4.74 Å². The zero-order chi connectivity index (χ0) is 15.2. The van der Waals surface area contributed by atoms with Gasteiger partial charge in [0.1, 0.15) is 5.75 Å². The lowest BCUT2D eigenvalue weighted by atomic mass is 9.70. The Morgan fingerprint density at radius 3 is 3.00 bits per heavy atom. The van der Waals surface area contributed by atoms with E-state index in [0.717, 1.165) is 42.5 Å². The van der Waals surface area contributed by atoms with Gasteiger partial charge in [0.2, 0.25) is 0 Å². The van der Waals surface area contributed by atoms with Crippen LogP contribution >= 0.6 is 34.2 Å². The molecule has 2 aromatic rings. The molecule has 2 aromatic carbocycles. The predicted molar refractivity (Wildman–Crippen MR) is 99.2 cm³/mol. The van der Waals surface area contributed by atoms with Crippen molar-refractivity contribution in [1.29, 1.82) is 0 Å². The summed E-state index contributed by atoms with van der Waals surface area (Å²) in [6.07, 6.45) is 3.45. The fourth-order valence-electron chi connectivity index (χ4n) is 3.67. The standard InChI is InChI=1S/C18H17ClINO/c19-13-3-5-15-12(8-13)2-1-7-18(15)10-21-16-9-14(20)4-6-17(16)22-11-18/h3-6,8-9,21H,1-2,7,10-11H2/t18-/m1/s1. The Balaban J connectivity index is 1.73. The van der Waals surface area contributed by atoms with Crippen LogP contribution in [0.4, 0.5) is 5.69 Å². The number of benzene rings is 2. The molecule has 0 amide bonds. The van der Waals surface area contributed by atoms with Crippen molar-refractivity contribution in [3.8, 4) is 5.75 Å². The Morgan fingerprint density at radius 1 is 1.18 bits per heavy atom. The molecule has 114 valence electrons. The Labute approximate surface area is 149 Å². The van der Waals surface area contributed by atoms with Gasteiger partial charge in [-0.1, -0.05) is 17.7 Å². The van der Waals surface area contributed by atoms with Gasteiger partial charge in [-0.15, -0.1) is 0 Å². The molecule has 1 atom stereocenters. The molecule has 0 aromatic heterocycles. The van der Waals surface area contributed by atoms with Crippen LogP contribution in [0.3, 0.4) is 0 Å². The minimum absolute atomic E-state index is 0.0443. The average molecular weight is 426 g/mol. The van der Waals surface area contributed by atoms with Crippen molar-refractivity contribution >= 4 is 39.9 Å². The molecule has 1 N–H and O–H groups in total. The van der Waals surface area contributed by atoms with Crippen LogP contribution in [0.2, 0.25) is 5.02 Å². The van der Waals surface area contributed by atoms with Gasteiger partial charge < -0.3 is 10.1 Å². The Bertz CT molecular complexity index is 733. The van der Waals surface area contributed by atoms with Gasteiger partial charge in [-0.3, -0.25) is 0 Å². The second-order valence-electron chi connectivity index (χ2n) is 6.22. The van der Waals surface area contributed by atoms with Crippen molar-refractivity contribution in [2.75, 3.05) is 18.5 Å². The summed E-state index contributed by atoms with van der Waals surface area (Å²) in [4.78, 5) is 0. The van der Waals surface area contributed by atoms with Crippen molar-refractivity contribution in [1.82, 2.24) is 0 Å². The van der Waals surface area contributed by atoms with Gasteiger partial charge in [-0.05, 0) is 83.3 Å². The molecule has 0 saturated heterocycles. The molecule has 0 saturated carbocycles. The van der Waals surface area contributed by atoms with Crippen LogP contribution < -0.4 is 10.1 Å². The van der Waals surface area contributed by atoms with Crippen molar-refractivity contribution in [2.24, 2.45) is 0 Å². The minimum Gasteiger partial charge on any atom is -0.490 e. The summed E-state index contributed by atoms with van der Waals surface area (Å²) >= 11 is 8.52. The van der Waals surface area contributed by atoms with E-state index in [2.05, 4.69) is 58.2 Å². The van der Waals surface area contributed by atoms with Crippen LogP contribution in [-0.2, 0) is 11.8 Å². The summed E-state index contributed by atoms with van der Waals surface area (Å²) < 4.78 is 7.41. The normalized spacial score (nSPS) is 23.0. The number of fused-ring (bicyclic) bond motifs is 3. The van der Waals surface area contributed by atoms with Gasteiger partial charge in [-0.25, -0.2) is 0 Å². The minimum atomic E-state index is 0.0443. The molecule has 2 nitrogen and oxygen atoms in total. The fraction of sp³-hybridized carbons (Fsp3) is 0.333. The highest BCUT2D eigenvalue weighted by Crippen LogP contribution is 2.42. The highest BCUT2D eigenvalue weighted by Gasteiger charge is 2.39. The first-order valence-corrected chi connectivity index (χ1v) is 9.07. The molecule has 4 rings (SSSR count). The average Bonchev–Trinajstić information content (AvgIpc) is 2.68. The first-order chi connectivity index (χ1) is 10.7. The monoisotopic (exact) mass is 425 g/mol. The van der Waals surface area contributed by atoms with Crippen LogP contribution in [0.15, 0.2) is 36.4 Å². The first-order valence-electron chi connectivity index (χ1n) is 7.61. The summed E-state index contributed by atoms with van der Waals surface area (Å²) in [6.45, 7) is 1.64. The van der Waals surface area contributed by atoms with E-state index in [9.17, 15) is 0 Å². The van der Waals surface area contributed by atoms with Crippen LogP contribution in [0, 0.1) is 3.57 Å². The number of nitrogens with one attached hydrogen (secondary N) is 1. The molecule has 2 aliphatic rings. The van der Waals surface area contributed by atoms with Crippen molar-refractivity contribution in [3.63, 3.8) is 0 Å². The molecule has 0 radical (unpaired) electrons. The number of hydrogen-bond donors (Lipinski definition) is 1. The number of aryl methyl sites for hydroxylation is 1. The SMILES string of the molecule is Clc1ccc2c(c1)CCC[C@]21CNc2cc(I)ccc2OC1. The number of anilines is 1. The number of rotatable bonds is 0. The predicted octanol–water partition coefficient (Wildman–Crippen LogP) is 5.02. The molecule has 4 heteroatoms. The molecule has 1 heterocycles. The lowest BCUT2D eigenvalue weighted by molar-refractivity contribution is 0.210. The van der Waals surface area contributed by atoms with E-state index in [0.29, 0.717) is 0 Å². The van der Waals surface area contributed by atoms with Gasteiger partial charge in [0.25, 0.3) is 0 Å². The van der Waals surface area contributed by atoms with Crippen LogP contribution in [0.25, 0.3) is 0 Å². The van der Waals surface area contributed by atoms with Gasteiger partial charge in [0, 0.05) is 20.6 Å². The van der Waals surface area contributed by atoms with Crippen LogP contribution in [0.1, 0.15) is 24.0 Å². The van der Waals surface area contributed by atoms with E-state index in [1.807, 2.05) is 6.07 Å². The van der Waals surface area contributed by atoms with Gasteiger partial charge in [0.05, 0.1) is 12.3 Å². The first kappa shape index (κ1) is 14.6. The lowest BCUT2D eigenvalue weighted by Gasteiger charge is -2.37. The number of halogens is 2. The molecule has 1 spiro atoms. The second-order valence-corrected chi connectivity index (χ2v) is 7.90. The Morgan fingerprint density at radius 2 is 2.09 bits per heavy atom. The molecular formula is C18H17ClINO. The second kappa shape index (κ2) is 5.60. The van der Waals surface area contributed by atoms with Crippen LogP contribution in [0.5, 0.6) is 5.75 Å². The third-order valence-corrected chi connectivity index (χ3v) is 5.71. The van der Waals surface area contributed by atoms with E-state index in [1.54, 1.807) is 0 Å². The van der Waals surface area contributed by atoms with Crippen LogP contribution in [-0.4, -0.2) is 13.2 Å². The number of hydrogen-bond acceptors (Lipinski definition) is 2. The van der Waals surface area contributed by atoms with E-state index < -0.39 is 0 Å². The highest BCUT2D eigenvalue weighted by molar-refractivity contribution is 14.1.